The molecule has 1 aliphatic heterocycles. The molecule has 3 heteroatoms. The van der Waals surface area contributed by atoms with Crippen molar-refractivity contribution in [3.63, 3.8) is 0 Å². The van der Waals surface area contributed by atoms with Crippen LogP contribution in [-0.4, -0.2) is 9.97 Å². The Labute approximate surface area is 326 Å². The number of fused-ring (bicyclic) bond motifs is 9. The van der Waals surface area contributed by atoms with Gasteiger partial charge < -0.3 is 4.74 Å². The van der Waals surface area contributed by atoms with Crippen LogP contribution in [0.1, 0.15) is 22.3 Å². The van der Waals surface area contributed by atoms with Gasteiger partial charge in [0.1, 0.15) is 11.5 Å². The molecule has 0 radical (unpaired) electrons. The minimum atomic E-state index is -0.507. The van der Waals surface area contributed by atoms with Crippen molar-refractivity contribution < 1.29 is 4.74 Å². The summed E-state index contributed by atoms with van der Waals surface area (Å²) in [7, 11) is 0. The van der Waals surface area contributed by atoms with E-state index >= 15 is 0 Å². The van der Waals surface area contributed by atoms with E-state index in [2.05, 4.69) is 194 Å². The highest BCUT2D eigenvalue weighted by molar-refractivity contribution is 5.89. The molecule has 0 saturated heterocycles. The maximum atomic E-state index is 6.67. The summed E-state index contributed by atoms with van der Waals surface area (Å²) in [5.41, 5.74) is 16.3. The second kappa shape index (κ2) is 12.9. The first-order chi connectivity index (χ1) is 27.7. The number of para-hydroxylation sites is 1. The summed E-state index contributed by atoms with van der Waals surface area (Å²) in [6, 6.07) is 73.0. The Hall–Kier alpha value is -7.36. The Bertz CT molecular complexity index is 2890. The van der Waals surface area contributed by atoms with Crippen molar-refractivity contribution in [1.82, 2.24) is 9.97 Å². The lowest BCUT2D eigenvalue weighted by atomic mass is 9.66. The molecular formula is C53H34N2O. The molecular weight excluding hydrogens is 681 g/mol. The van der Waals surface area contributed by atoms with Gasteiger partial charge in [-0.2, -0.15) is 0 Å². The molecule has 2 aliphatic rings. The minimum Gasteiger partial charge on any atom is -0.457 e. The Balaban J connectivity index is 1.02. The maximum absolute atomic E-state index is 6.67. The quantitative estimate of drug-likeness (QED) is 0.178. The Kier molecular flexibility index (Phi) is 7.39. The van der Waals surface area contributed by atoms with Crippen molar-refractivity contribution in [2.75, 3.05) is 0 Å². The molecule has 1 aliphatic carbocycles. The van der Waals surface area contributed by atoms with Crippen LogP contribution in [0.5, 0.6) is 11.5 Å². The topological polar surface area (TPSA) is 35.0 Å². The van der Waals surface area contributed by atoms with Crippen molar-refractivity contribution >= 4 is 0 Å². The molecule has 0 N–H and O–H groups in total. The van der Waals surface area contributed by atoms with Crippen LogP contribution in [-0.2, 0) is 5.41 Å². The Morgan fingerprint density at radius 2 is 0.786 bits per heavy atom. The van der Waals surface area contributed by atoms with Crippen LogP contribution in [0.25, 0.3) is 67.3 Å². The van der Waals surface area contributed by atoms with Crippen molar-refractivity contribution in [2.24, 2.45) is 0 Å². The van der Waals surface area contributed by atoms with E-state index in [1.165, 1.54) is 27.8 Å². The van der Waals surface area contributed by atoms with Gasteiger partial charge in [-0.05, 0) is 74.8 Å². The van der Waals surface area contributed by atoms with Crippen molar-refractivity contribution in [3.05, 3.63) is 229 Å². The Morgan fingerprint density at radius 3 is 1.50 bits per heavy atom. The molecule has 9 aromatic rings. The molecule has 11 rings (SSSR count). The van der Waals surface area contributed by atoms with E-state index in [9.17, 15) is 0 Å². The van der Waals surface area contributed by atoms with Gasteiger partial charge in [-0.3, -0.25) is 0 Å². The van der Waals surface area contributed by atoms with Crippen molar-refractivity contribution in [1.29, 1.82) is 0 Å². The average molecular weight is 715 g/mol. The normalized spacial score (nSPS) is 12.9. The summed E-state index contributed by atoms with van der Waals surface area (Å²) in [6.45, 7) is 0. The lowest BCUT2D eigenvalue weighted by Crippen LogP contribution is -2.32. The largest absolute Gasteiger partial charge is 0.457 e. The van der Waals surface area contributed by atoms with Gasteiger partial charge in [-0.25, -0.2) is 9.97 Å². The number of nitrogens with zero attached hydrogens (tertiary/aromatic N) is 2. The van der Waals surface area contributed by atoms with Crippen LogP contribution in [0.4, 0.5) is 0 Å². The zero-order valence-electron chi connectivity index (χ0n) is 30.4. The van der Waals surface area contributed by atoms with E-state index in [1.54, 1.807) is 0 Å². The Morgan fingerprint density at radius 1 is 0.304 bits per heavy atom. The first-order valence-electron chi connectivity index (χ1n) is 19.1. The second-order valence-corrected chi connectivity index (χ2v) is 14.5. The molecule has 3 nitrogen and oxygen atoms in total. The van der Waals surface area contributed by atoms with Gasteiger partial charge in [0.25, 0.3) is 0 Å². The van der Waals surface area contributed by atoms with Crippen molar-refractivity contribution in [2.45, 2.75) is 5.41 Å². The predicted octanol–water partition coefficient (Wildman–Crippen LogP) is 13.3. The van der Waals surface area contributed by atoms with Gasteiger partial charge in [0.05, 0.1) is 16.8 Å². The second-order valence-electron chi connectivity index (χ2n) is 14.5. The molecule has 0 fully saturated rings. The lowest BCUT2D eigenvalue weighted by Gasteiger charge is -2.39. The fraction of sp³-hybridized carbons (Fsp3) is 0.0189. The number of rotatable bonds is 5. The molecule has 262 valence electrons. The third-order valence-electron chi connectivity index (χ3n) is 11.4. The number of aromatic nitrogens is 2. The number of benzene rings is 8. The molecule has 2 heterocycles. The third-order valence-corrected chi connectivity index (χ3v) is 11.4. The van der Waals surface area contributed by atoms with Crippen LogP contribution < -0.4 is 4.74 Å². The van der Waals surface area contributed by atoms with Crippen LogP contribution in [0.3, 0.4) is 0 Å². The van der Waals surface area contributed by atoms with Gasteiger partial charge >= 0.3 is 0 Å². The highest BCUT2D eigenvalue weighted by Crippen LogP contribution is 2.62. The SMILES string of the molecule is c1ccc(-c2cccc(-c3cc(-c4ccccc4)nc(-c4ccc(-c5ccc6c(c5)C5(c7ccccc7O6)c6ccccc6-c6ccccc65)cc4)n3)c2)cc1. The number of hydrogen-bond acceptors (Lipinski definition) is 3. The third kappa shape index (κ3) is 5.05. The van der Waals surface area contributed by atoms with E-state index in [0.29, 0.717) is 5.82 Å². The fourth-order valence-electron chi connectivity index (χ4n) is 8.82. The summed E-state index contributed by atoms with van der Waals surface area (Å²) in [5.74, 6) is 2.46. The van der Waals surface area contributed by atoms with Gasteiger partial charge in [-0.15, -0.1) is 0 Å². The van der Waals surface area contributed by atoms with Gasteiger partial charge in [0, 0.05) is 27.8 Å². The van der Waals surface area contributed by atoms with Crippen LogP contribution >= 0.6 is 0 Å². The van der Waals surface area contributed by atoms with E-state index in [-0.39, 0.29) is 0 Å². The molecule has 0 amide bonds. The number of hydrogen-bond donors (Lipinski definition) is 0. The molecule has 0 atom stereocenters. The summed E-state index contributed by atoms with van der Waals surface area (Å²) in [5, 5.41) is 0. The first-order valence-corrected chi connectivity index (χ1v) is 19.1. The monoisotopic (exact) mass is 714 g/mol. The summed E-state index contributed by atoms with van der Waals surface area (Å²) in [6.07, 6.45) is 0. The van der Waals surface area contributed by atoms with Crippen molar-refractivity contribution in [3.8, 4) is 78.8 Å². The number of ether oxygens (including phenoxy) is 1. The van der Waals surface area contributed by atoms with Crippen LogP contribution in [0.2, 0.25) is 0 Å². The average Bonchev–Trinajstić information content (AvgIpc) is 3.57. The maximum Gasteiger partial charge on any atom is 0.160 e. The van der Waals surface area contributed by atoms with E-state index in [1.807, 2.05) is 12.1 Å². The zero-order chi connectivity index (χ0) is 37.1. The van der Waals surface area contributed by atoms with E-state index < -0.39 is 5.41 Å². The van der Waals surface area contributed by atoms with Crippen LogP contribution in [0, 0.1) is 0 Å². The molecule has 1 spiro atoms. The molecule has 0 bridgehead atoms. The van der Waals surface area contributed by atoms with Gasteiger partial charge in [-0.1, -0.05) is 176 Å². The molecule has 0 unspecified atom stereocenters. The lowest BCUT2D eigenvalue weighted by molar-refractivity contribution is 0.436. The highest BCUT2D eigenvalue weighted by Gasteiger charge is 2.51. The fourth-order valence-corrected chi connectivity index (χ4v) is 8.82. The smallest absolute Gasteiger partial charge is 0.160 e. The molecule has 1 aromatic heterocycles. The molecule has 8 aromatic carbocycles. The van der Waals surface area contributed by atoms with E-state index in [4.69, 9.17) is 14.7 Å². The van der Waals surface area contributed by atoms with Gasteiger partial charge in [0.15, 0.2) is 5.82 Å². The van der Waals surface area contributed by atoms with Gasteiger partial charge in [0.2, 0.25) is 0 Å². The predicted molar refractivity (Wildman–Crippen MR) is 227 cm³/mol. The summed E-state index contributed by atoms with van der Waals surface area (Å²) in [4.78, 5) is 10.3. The minimum absolute atomic E-state index is 0.507. The standard InChI is InChI=1S/C53H34N2O/c1-3-14-35(15-4-1)39-18-13-19-41(32-39)49-34-48(37-16-5-2-6-17-37)54-52(55-49)38-28-26-36(27-29-38)40-30-31-51-47(33-40)53(46-24-11-12-25-50(46)56-51)44-22-9-7-20-42(44)43-21-8-10-23-45(43)53/h1-34H. The summed E-state index contributed by atoms with van der Waals surface area (Å²) >= 11 is 0. The zero-order valence-corrected chi connectivity index (χ0v) is 30.4. The molecule has 0 saturated carbocycles. The first kappa shape index (κ1) is 32.1. The molecule has 56 heavy (non-hydrogen) atoms. The highest BCUT2D eigenvalue weighted by atomic mass is 16.5. The van der Waals surface area contributed by atoms with Crippen LogP contribution in [0.15, 0.2) is 206 Å². The summed E-state index contributed by atoms with van der Waals surface area (Å²) < 4.78 is 6.67. The van der Waals surface area contributed by atoms with E-state index in [0.717, 1.165) is 67.4 Å².